The predicted octanol–water partition coefficient (Wildman–Crippen LogP) is 4.45. The largest absolute Gasteiger partial charge is 0.298 e. The van der Waals surface area contributed by atoms with Crippen molar-refractivity contribution < 1.29 is 19.2 Å². The lowest BCUT2D eigenvalue weighted by molar-refractivity contribution is 0.107. The zero-order valence-electron chi connectivity index (χ0n) is 15.9. The van der Waals surface area contributed by atoms with E-state index in [9.17, 15) is 19.2 Å². The molecule has 0 unspecified atom stereocenters. The van der Waals surface area contributed by atoms with Crippen molar-refractivity contribution in [3.8, 4) is 11.1 Å². The summed E-state index contributed by atoms with van der Waals surface area (Å²) in [5.74, 6) is 0. The van der Waals surface area contributed by atoms with Crippen LogP contribution in [0.25, 0.3) is 11.1 Å². The van der Waals surface area contributed by atoms with E-state index in [2.05, 4.69) is 0 Å². The Morgan fingerprint density at radius 1 is 0.385 bits per heavy atom. The molecule has 2 aromatic rings. The maximum atomic E-state index is 11.9. The highest BCUT2D eigenvalue weighted by molar-refractivity contribution is 6.09. The molecular formula is C22H22O4. The van der Waals surface area contributed by atoms with E-state index in [4.69, 9.17) is 0 Å². The summed E-state index contributed by atoms with van der Waals surface area (Å²) in [6.07, 6.45) is 2.10. The van der Waals surface area contributed by atoms with Crippen LogP contribution >= 0.6 is 0 Å². The Morgan fingerprint density at radius 2 is 0.731 bits per heavy atom. The van der Waals surface area contributed by atoms with Crippen molar-refractivity contribution in [2.45, 2.75) is 41.5 Å². The van der Waals surface area contributed by atoms with Crippen LogP contribution in [0.5, 0.6) is 0 Å². The molecule has 0 aliphatic rings. The number of aldehydes is 4. The SMILES string of the molecule is Cc1c(C)c(C)c(-c2c(C)c(C=O)c(C=O)c(C=O)c2C=O)c(C)c1C. The number of rotatable bonds is 5. The van der Waals surface area contributed by atoms with Gasteiger partial charge in [0.2, 0.25) is 0 Å². The topological polar surface area (TPSA) is 68.3 Å². The van der Waals surface area contributed by atoms with E-state index in [0.29, 0.717) is 36.3 Å². The minimum atomic E-state index is -0.0348. The number of benzene rings is 2. The third kappa shape index (κ3) is 2.62. The average molecular weight is 350 g/mol. The number of carbonyl (C=O) groups excluding carboxylic acids is 4. The van der Waals surface area contributed by atoms with Gasteiger partial charge in [-0.25, -0.2) is 0 Å². The van der Waals surface area contributed by atoms with Crippen molar-refractivity contribution in [3.63, 3.8) is 0 Å². The van der Waals surface area contributed by atoms with E-state index >= 15 is 0 Å². The van der Waals surface area contributed by atoms with Crippen molar-refractivity contribution in [2.75, 3.05) is 0 Å². The summed E-state index contributed by atoms with van der Waals surface area (Å²) in [6.45, 7) is 11.7. The molecule has 0 aromatic heterocycles. The van der Waals surface area contributed by atoms with Crippen LogP contribution in [-0.2, 0) is 0 Å². The Morgan fingerprint density at radius 3 is 1.12 bits per heavy atom. The van der Waals surface area contributed by atoms with E-state index < -0.39 is 0 Å². The monoisotopic (exact) mass is 350 g/mol. The Bertz CT molecular complexity index is 936. The number of hydrogen-bond donors (Lipinski definition) is 0. The summed E-state index contributed by atoms with van der Waals surface area (Å²) in [6, 6.07) is 0. The van der Waals surface area contributed by atoms with Crippen LogP contribution < -0.4 is 0 Å². The Balaban J connectivity index is 3.20. The molecule has 0 radical (unpaired) electrons. The first-order chi connectivity index (χ1) is 12.3. The van der Waals surface area contributed by atoms with Crippen LogP contribution in [0.1, 0.15) is 74.8 Å². The summed E-state index contributed by atoms with van der Waals surface area (Å²) in [7, 11) is 0. The minimum Gasteiger partial charge on any atom is -0.298 e. The van der Waals surface area contributed by atoms with Gasteiger partial charge < -0.3 is 0 Å². The molecule has 0 spiro atoms. The number of carbonyl (C=O) groups is 4. The molecule has 0 aliphatic heterocycles. The third-order valence-corrected chi connectivity index (χ3v) is 5.64. The summed E-state index contributed by atoms with van der Waals surface area (Å²) in [5.41, 5.74) is 7.50. The normalized spacial score (nSPS) is 10.5. The average Bonchev–Trinajstić information content (AvgIpc) is 2.64. The van der Waals surface area contributed by atoms with Gasteiger partial charge in [0.15, 0.2) is 25.1 Å². The van der Waals surface area contributed by atoms with Gasteiger partial charge in [0.1, 0.15) is 0 Å². The molecule has 0 bridgehead atoms. The molecule has 134 valence electrons. The van der Waals surface area contributed by atoms with E-state index in [1.807, 2.05) is 34.6 Å². The van der Waals surface area contributed by atoms with Crippen LogP contribution in [0.2, 0.25) is 0 Å². The van der Waals surface area contributed by atoms with Crippen LogP contribution in [0.15, 0.2) is 0 Å². The van der Waals surface area contributed by atoms with Gasteiger partial charge in [-0.15, -0.1) is 0 Å². The van der Waals surface area contributed by atoms with Gasteiger partial charge in [-0.05, 0) is 86.1 Å². The molecule has 0 N–H and O–H groups in total. The molecule has 4 heteroatoms. The second-order valence-corrected chi connectivity index (χ2v) is 6.63. The fourth-order valence-corrected chi connectivity index (χ4v) is 3.69. The standard InChI is InChI=1S/C22H22O4/c1-11-12(2)14(4)21(15(5)13(11)3)22-16(6)17(7-23)18(8-24)19(9-25)20(22)10-26/h7-10H,1-6H3. The second-order valence-electron chi connectivity index (χ2n) is 6.63. The summed E-state index contributed by atoms with van der Waals surface area (Å²) in [4.78, 5) is 46.7. The minimum absolute atomic E-state index is 0.0331. The maximum Gasteiger partial charge on any atom is 0.151 e. The Hall–Kier alpha value is -2.88. The highest BCUT2D eigenvalue weighted by Gasteiger charge is 2.25. The molecule has 0 atom stereocenters. The number of hydrogen-bond acceptors (Lipinski definition) is 4. The first kappa shape index (κ1) is 19.4. The van der Waals surface area contributed by atoms with Gasteiger partial charge in [0.05, 0.1) is 0 Å². The van der Waals surface area contributed by atoms with E-state index in [1.165, 1.54) is 5.56 Å². The fourth-order valence-electron chi connectivity index (χ4n) is 3.69. The van der Waals surface area contributed by atoms with Crippen molar-refractivity contribution in [3.05, 3.63) is 55.6 Å². The smallest absolute Gasteiger partial charge is 0.151 e. The van der Waals surface area contributed by atoms with Crippen molar-refractivity contribution in [2.24, 2.45) is 0 Å². The van der Waals surface area contributed by atoms with E-state index in [-0.39, 0.29) is 22.3 Å². The molecule has 0 aliphatic carbocycles. The first-order valence-electron chi connectivity index (χ1n) is 8.35. The fraction of sp³-hybridized carbons (Fsp3) is 0.273. The lowest BCUT2D eigenvalue weighted by Crippen LogP contribution is -2.10. The molecular weight excluding hydrogens is 328 g/mol. The van der Waals surface area contributed by atoms with Gasteiger partial charge in [-0.2, -0.15) is 0 Å². The summed E-state index contributed by atoms with van der Waals surface area (Å²) in [5, 5.41) is 0. The van der Waals surface area contributed by atoms with Crippen LogP contribution in [-0.4, -0.2) is 25.1 Å². The van der Waals surface area contributed by atoms with Crippen molar-refractivity contribution in [1.29, 1.82) is 0 Å². The van der Waals surface area contributed by atoms with Crippen LogP contribution in [0, 0.1) is 41.5 Å². The molecule has 0 saturated carbocycles. The lowest BCUT2D eigenvalue weighted by Gasteiger charge is -2.23. The molecule has 0 saturated heterocycles. The molecule has 0 amide bonds. The molecule has 26 heavy (non-hydrogen) atoms. The van der Waals surface area contributed by atoms with E-state index in [1.54, 1.807) is 6.92 Å². The molecule has 2 aromatic carbocycles. The van der Waals surface area contributed by atoms with Gasteiger partial charge in [0, 0.05) is 22.3 Å². The Kier molecular flexibility index (Phi) is 5.36. The van der Waals surface area contributed by atoms with Crippen LogP contribution in [0.3, 0.4) is 0 Å². The highest BCUT2D eigenvalue weighted by Crippen LogP contribution is 2.39. The zero-order chi connectivity index (χ0) is 19.8. The quantitative estimate of drug-likeness (QED) is 0.747. The van der Waals surface area contributed by atoms with E-state index in [0.717, 1.165) is 27.8 Å². The van der Waals surface area contributed by atoms with Crippen molar-refractivity contribution >= 4 is 25.1 Å². The second kappa shape index (κ2) is 7.16. The van der Waals surface area contributed by atoms with Gasteiger partial charge in [-0.1, -0.05) is 0 Å². The highest BCUT2D eigenvalue weighted by atomic mass is 16.1. The predicted molar refractivity (Wildman–Crippen MR) is 102 cm³/mol. The Labute approximate surface area is 153 Å². The van der Waals surface area contributed by atoms with Gasteiger partial charge in [-0.3, -0.25) is 19.2 Å². The van der Waals surface area contributed by atoms with Gasteiger partial charge in [0.25, 0.3) is 0 Å². The summed E-state index contributed by atoms with van der Waals surface area (Å²) >= 11 is 0. The molecule has 0 heterocycles. The van der Waals surface area contributed by atoms with Crippen molar-refractivity contribution in [1.82, 2.24) is 0 Å². The molecule has 4 nitrogen and oxygen atoms in total. The third-order valence-electron chi connectivity index (χ3n) is 5.64. The van der Waals surface area contributed by atoms with Gasteiger partial charge >= 0.3 is 0 Å². The summed E-state index contributed by atoms with van der Waals surface area (Å²) < 4.78 is 0. The first-order valence-corrected chi connectivity index (χ1v) is 8.35. The maximum absolute atomic E-state index is 11.9. The molecule has 0 fully saturated rings. The zero-order valence-corrected chi connectivity index (χ0v) is 15.9. The lowest BCUT2D eigenvalue weighted by atomic mass is 9.79. The molecule has 2 rings (SSSR count). The van der Waals surface area contributed by atoms with Crippen LogP contribution in [0.4, 0.5) is 0 Å².